The van der Waals surface area contributed by atoms with Crippen molar-refractivity contribution in [2.24, 2.45) is 7.05 Å². The Bertz CT molecular complexity index is 469. The lowest BCUT2D eigenvalue weighted by molar-refractivity contribution is 0.209. The van der Waals surface area contributed by atoms with Gasteiger partial charge in [-0.3, -0.25) is 0 Å². The van der Waals surface area contributed by atoms with Gasteiger partial charge in [-0.15, -0.1) is 5.10 Å². The lowest BCUT2D eigenvalue weighted by Crippen LogP contribution is -2.07. The van der Waals surface area contributed by atoms with E-state index >= 15 is 0 Å². The molecule has 78 valence electrons. The van der Waals surface area contributed by atoms with Gasteiger partial charge in [-0.05, 0) is 34.2 Å². The third-order valence-corrected chi connectivity index (χ3v) is 3.21. The molecule has 1 aromatic carbocycles. The van der Waals surface area contributed by atoms with Crippen LogP contribution in [0.2, 0.25) is 0 Å². The summed E-state index contributed by atoms with van der Waals surface area (Å²) in [5, 5.41) is 17.7. The third kappa shape index (κ3) is 2.03. The number of rotatable bonds is 2. The van der Waals surface area contributed by atoms with Gasteiger partial charge in [0.1, 0.15) is 6.10 Å². The lowest BCUT2D eigenvalue weighted by atomic mass is 10.1. The van der Waals surface area contributed by atoms with Crippen LogP contribution in [-0.4, -0.2) is 20.1 Å². The number of hydrogen-bond acceptors (Lipinski definition) is 3. The molecule has 1 unspecified atom stereocenters. The van der Waals surface area contributed by atoms with Crippen LogP contribution in [0.25, 0.3) is 0 Å². The van der Waals surface area contributed by atoms with Gasteiger partial charge in [0.15, 0.2) is 0 Å². The number of nitrogens with zero attached hydrogens (tertiary/aromatic N) is 3. The normalized spacial score (nSPS) is 12.7. The molecule has 4 nitrogen and oxygen atoms in total. The highest BCUT2D eigenvalue weighted by Crippen LogP contribution is 2.24. The number of aliphatic hydroxyl groups excluding tert-OH is 1. The first-order chi connectivity index (χ1) is 7.20. The fraction of sp³-hybridized carbons (Fsp3) is 0.200. The van der Waals surface area contributed by atoms with Crippen molar-refractivity contribution in [3.63, 3.8) is 0 Å². The van der Waals surface area contributed by atoms with Gasteiger partial charge in [0.25, 0.3) is 0 Å². The highest BCUT2D eigenvalue weighted by atomic mass is 127. The maximum atomic E-state index is 10.1. The Balaban J connectivity index is 2.41. The van der Waals surface area contributed by atoms with Crippen LogP contribution in [0.3, 0.4) is 0 Å². The highest BCUT2D eigenvalue weighted by molar-refractivity contribution is 14.1. The summed E-state index contributed by atoms with van der Waals surface area (Å²) in [5.74, 6) is 0. The zero-order valence-corrected chi connectivity index (χ0v) is 10.3. The maximum absolute atomic E-state index is 10.1. The van der Waals surface area contributed by atoms with Crippen LogP contribution in [0.15, 0.2) is 30.5 Å². The third-order valence-electron chi connectivity index (χ3n) is 2.23. The number of aryl methyl sites for hydroxylation is 1. The molecule has 1 atom stereocenters. The fourth-order valence-corrected chi connectivity index (χ4v) is 2.08. The van der Waals surface area contributed by atoms with Crippen LogP contribution in [0, 0.1) is 3.57 Å². The van der Waals surface area contributed by atoms with Crippen LogP contribution in [-0.2, 0) is 7.05 Å². The van der Waals surface area contributed by atoms with Gasteiger partial charge in [0.2, 0.25) is 0 Å². The van der Waals surface area contributed by atoms with E-state index in [1.54, 1.807) is 17.9 Å². The second kappa shape index (κ2) is 4.28. The van der Waals surface area contributed by atoms with E-state index < -0.39 is 6.10 Å². The smallest absolute Gasteiger partial charge is 0.123 e. The average molecular weight is 315 g/mol. The van der Waals surface area contributed by atoms with Crippen molar-refractivity contribution in [2.75, 3.05) is 0 Å². The Hall–Kier alpha value is -0.950. The monoisotopic (exact) mass is 315 g/mol. The topological polar surface area (TPSA) is 50.9 Å². The zero-order chi connectivity index (χ0) is 10.8. The predicted molar refractivity (Wildman–Crippen MR) is 64.2 cm³/mol. The van der Waals surface area contributed by atoms with Crippen molar-refractivity contribution >= 4 is 22.6 Å². The zero-order valence-electron chi connectivity index (χ0n) is 8.13. The summed E-state index contributed by atoms with van der Waals surface area (Å²) in [6.45, 7) is 0. The molecule has 2 rings (SSSR count). The minimum atomic E-state index is -0.668. The fourth-order valence-electron chi connectivity index (χ4n) is 1.40. The van der Waals surface area contributed by atoms with Crippen molar-refractivity contribution in [3.8, 4) is 0 Å². The Morgan fingerprint density at radius 1 is 1.40 bits per heavy atom. The molecule has 0 radical (unpaired) electrons. The minimum Gasteiger partial charge on any atom is -0.382 e. The van der Waals surface area contributed by atoms with E-state index in [9.17, 15) is 5.11 Å². The molecule has 0 fully saturated rings. The Morgan fingerprint density at radius 2 is 2.13 bits per heavy atom. The van der Waals surface area contributed by atoms with Crippen molar-refractivity contribution in [1.82, 2.24) is 15.0 Å². The maximum Gasteiger partial charge on any atom is 0.123 e. The van der Waals surface area contributed by atoms with Gasteiger partial charge in [0.05, 0.1) is 11.9 Å². The van der Waals surface area contributed by atoms with E-state index in [2.05, 4.69) is 32.9 Å². The van der Waals surface area contributed by atoms with Crippen LogP contribution >= 0.6 is 22.6 Å². The first-order valence-corrected chi connectivity index (χ1v) is 5.55. The van der Waals surface area contributed by atoms with Crippen LogP contribution < -0.4 is 0 Å². The molecular weight excluding hydrogens is 305 g/mol. The van der Waals surface area contributed by atoms with E-state index in [4.69, 9.17) is 0 Å². The quantitative estimate of drug-likeness (QED) is 0.855. The molecule has 1 aromatic heterocycles. The van der Waals surface area contributed by atoms with Gasteiger partial charge < -0.3 is 5.11 Å². The van der Waals surface area contributed by atoms with E-state index in [-0.39, 0.29) is 0 Å². The molecule has 0 amide bonds. The van der Waals surface area contributed by atoms with Gasteiger partial charge in [-0.1, -0.05) is 23.4 Å². The van der Waals surface area contributed by atoms with Gasteiger partial charge >= 0.3 is 0 Å². The second-order valence-corrected chi connectivity index (χ2v) is 4.37. The van der Waals surface area contributed by atoms with Gasteiger partial charge in [-0.2, -0.15) is 0 Å². The lowest BCUT2D eigenvalue weighted by Gasteiger charge is -2.11. The molecule has 0 aliphatic carbocycles. The van der Waals surface area contributed by atoms with Crippen molar-refractivity contribution in [3.05, 3.63) is 45.3 Å². The summed E-state index contributed by atoms with van der Waals surface area (Å²) in [6, 6.07) is 7.71. The highest BCUT2D eigenvalue weighted by Gasteiger charge is 2.16. The summed E-state index contributed by atoms with van der Waals surface area (Å²) in [4.78, 5) is 0. The molecule has 0 saturated heterocycles. The Labute approximate surface area is 101 Å². The van der Waals surface area contributed by atoms with Crippen LogP contribution in [0.5, 0.6) is 0 Å². The first-order valence-electron chi connectivity index (χ1n) is 4.47. The Morgan fingerprint density at radius 3 is 2.73 bits per heavy atom. The van der Waals surface area contributed by atoms with E-state index in [1.165, 1.54) is 0 Å². The molecule has 1 heterocycles. The number of halogens is 1. The van der Waals surface area contributed by atoms with Gasteiger partial charge in [-0.25, -0.2) is 4.68 Å². The largest absolute Gasteiger partial charge is 0.382 e. The van der Waals surface area contributed by atoms with E-state index in [1.807, 2.05) is 24.3 Å². The number of aromatic nitrogens is 3. The molecule has 15 heavy (non-hydrogen) atoms. The molecule has 1 N–H and O–H groups in total. The summed E-state index contributed by atoms with van der Waals surface area (Å²) in [7, 11) is 1.77. The summed E-state index contributed by atoms with van der Waals surface area (Å²) in [5.41, 5.74) is 1.57. The van der Waals surface area contributed by atoms with Crippen molar-refractivity contribution < 1.29 is 5.11 Å². The molecule has 0 aliphatic heterocycles. The SMILES string of the molecule is Cn1nncc1C(O)c1ccccc1I. The average Bonchev–Trinajstić information content (AvgIpc) is 2.64. The van der Waals surface area contributed by atoms with Crippen molar-refractivity contribution in [2.45, 2.75) is 6.10 Å². The molecule has 0 bridgehead atoms. The molecule has 0 saturated carbocycles. The predicted octanol–water partition coefficient (Wildman–Crippen LogP) is 1.50. The standard InChI is InChI=1S/C10H10IN3O/c1-14-9(6-12-13-14)10(15)7-4-2-3-5-8(7)11/h2-6,10,15H,1H3. The Kier molecular flexibility index (Phi) is 3.01. The molecule has 0 spiro atoms. The van der Waals surface area contributed by atoms with Gasteiger partial charge in [0, 0.05) is 10.6 Å². The molecule has 5 heteroatoms. The van der Waals surface area contributed by atoms with Crippen LogP contribution in [0.1, 0.15) is 17.4 Å². The van der Waals surface area contributed by atoms with Crippen LogP contribution in [0.4, 0.5) is 0 Å². The molecule has 2 aromatic rings. The van der Waals surface area contributed by atoms with E-state index in [0.717, 1.165) is 9.13 Å². The summed E-state index contributed by atoms with van der Waals surface area (Å²) in [6.07, 6.45) is 0.909. The summed E-state index contributed by atoms with van der Waals surface area (Å²) >= 11 is 2.20. The minimum absolute atomic E-state index is 0.668. The van der Waals surface area contributed by atoms with Crippen molar-refractivity contribution in [1.29, 1.82) is 0 Å². The number of aliphatic hydroxyl groups is 1. The number of benzene rings is 1. The first kappa shape index (κ1) is 10.6. The second-order valence-electron chi connectivity index (χ2n) is 3.21. The molecule has 0 aliphatic rings. The summed E-state index contributed by atoms with van der Waals surface area (Å²) < 4.78 is 2.61. The number of hydrogen-bond donors (Lipinski definition) is 1. The molecular formula is C10H10IN3O. The van der Waals surface area contributed by atoms with E-state index in [0.29, 0.717) is 5.69 Å².